The molecule has 0 aliphatic rings. The van der Waals surface area contributed by atoms with Gasteiger partial charge >= 0.3 is 0 Å². The average molecular weight is 293 g/mol. The normalized spacial score (nSPS) is 12.7. The van der Waals surface area contributed by atoms with Crippen LogP contribution >= 0.6 is 0 Å². The van der Waals surface area contributed by atoms with Gasteiger partial charge in [-0.3, -0.25) is 9.78 Å². The van der Waals surface area contributed by atoms with Crippen molar-refractivity contribution in [2.24, 2.45) is 5.73 Å². The molecule has 22 heavy (non-hydrogen) atoms. The monoisotopic (exact) mass is 293 g/mol. The van der Waals surface area contributed by atoms with Crippen molar-refractivity contribution in [3.63, 3.8) is 0 Å². The van der Waals surface area contributed by atoms with Gasteiger partial charge < -0.3 is 11.1 Å². The molecule has 4 nitrogen and oxygen atoms in total. The molecule has 2 rings (SSSR count). The number of hydrogen-bond acceptors (Lipinski definition) is 3. The first-order chi connectivity index (χ1) is 10.7. The van der Waals surface area contributed by atoms with Crippen LogP contribution < -0.4 is 11.1 Å². The first kappa shape index (κ1) is 15.7. The van der Waals surface area contributed by atoms with Crippen LogP contribution in [0, 0.1) is 0 Å². The van der Waals surface area contributed by atoms with Crippen LogP contribution in [0.4, 0.5) is 0 Å². The molecule has 1 aromatic heterocycles. The van der Waals surface area contributed by atoms with E-state index in [0.29, 0.717) is 12.1 Å². The lowest BCUT2D eigenvalue weighted by molar-refractivity contribution is 0.0954. The van der Waals surface area contributed by atoms with Gasteiger partial charge in [0.2, 0.25) is 0 Å². The van der Waals surface area contributed by atoms with E-state index in [1.807, 2.05) is 18.2 Å². The average Bonchev–Trinajstić information content (AvgIpc) is 2.56. The summed E-state index contributed by atoms with van der Waals surface area (Å²) in [7, 11) is 0. The summed E-state index contributed by atoms with van der Waals surface area (Å²) < 4.78 is 0. The van der Waals surface area contributed by atoms with Crippen LogP contribution in [0.15, 0.2) is 73.6 Å². The van der Waals surface area contributed by atoms with Crippen molar-refractivity contribution < 1.29 is 4.79 Å². The Kier molecular flexibility index (Phi) is 5.22. The van der Waals surface area contributed by atoms with Gasteiger partial charge in [-0.1, -0.05) is 43.5 Å². The number of nitrogens with one attached hydrogen (secondary N) is 1. The molecule has 1 amide bonds. The van der Waals surface area contributed by atoms with Gasteiger partial charge in [-0.15, -0.1) is 0 Å². The summed E-state index contributed by atoms with van der Waals surface area (Å²) in [6, 6.07) is 7.06. The minimum absolute atomic E-state index is 0.158. The van der Waals surface area contributed by atoms with Crippen LogP contribution in [-0.4, -0.2) is 23.5 Å². The van der Waals surface area contributed by atoms with E-state index in [1.165, 1.54) is 0 Å². The van der Waals surface area contributed by atoms with E-state index in [1.54, 1.807) is 36.7 Å². The molecule has 0 fully saturated rings. The standard InChI is InChI=1S/C18H19N3O/c1-3-6-13(4-2)17(19)12-21-18(22)16-8-5-7-14-11-20-10-9-15(14)16/h3-11,17H,1-2,12,19H2,(H,21,22)/b13-6+. The second-order valence-corrected chi connectivity index (χ2v) is 4.83. The number of nitrogens with zero attached hydrogens (tertiary/aromatic N) is 1. The fraction of sp³-hybridized carbons (Fsp3) is 0.111. The number of pyridine rings is 1. The third-order valence-electron chi connectivity index (χ3n) is 3.38. The topological polar surface area (TPSA) is 68.0 Å². The number of benzene rings is 1. The summed E-state index contributed by atoms with van der Waals surface area (Å²) in [5.74, 6) is -0.158. The lowest BCUT2D eigenvalue weighted by Gasteiger charge is -2.14. The molecule has 4 heteroatoms. The highest BCUT2D eigenvalue weighted by atomic mass is 16.1. The number of hydrogen-bond donors (Lipinski definition) is 2. The number of rotatable bonds is 6. The van der Waals surface area contributed by atoms with Crippen LogP contribution in [0.3, 0.4) is 0 Å². The van der Waals surface area contributed by atoms with Crippen LogP contribution in [0.2, 0.25) is 0 Å². The summed E-state index contributed by atoms with van der Waals surface area (Å²) in [5.41, 5.74) is 7.48. The molecule has 0 aliphatic carbocycles. The van der Waals surface area contributed by atoms with Gasteiger partial charge in [-0.05, 0) is 23.1 Å². The highest BCUT2D eigenvalue weighted by Gasteiger charge is 2.12. The van der Waals surface area contributed by atoms with Gasteiger partial charge in [0.15, 0.2) is 0 Å². The number of amides is 1. The predicted octanol–water partition coefficient (Wildman–Crippen LogP) is 2.59. The van der Waals surface area contributed by atoms with Gasteiger partial charge in [-0.2, -0.15) is 0 Å². The molecule has 0 aliphatic heterocycles. The van der Waals surface area contributed by atoms with E-state index in [4.69, 9.17) is 5.73 Å². The maximum atomic E-state index is 12.4. The number of allylic oxidation sites excluding steroid dienone is 2. The van der Waals surface area contributed by atoms with Gasteiger partial charge in [0, 0.05) is 35.9 Å². The highest BCUT2D eigenvalue weighted by molar-refractivity contribution is 6.06. The molecule has 112 valence electrons. The van der Waals surface area contributed by atoms with E-state index >= 15 is 0 Å². The first-order valence-electron chi connectivity index (χ1n) is 6.99. The maximum absolute atomic E-state index is 12.4. The molecule has 3 N–H and O–H groups in total. The molecule has 2 aromatic rings. The van der Waals surface area contributed by atoms with Gasteiger partial charge in [0.05, 0.1) is 0 Å². The molecule has 0 spiro atoms. The molecule has 1 unspecified atom stereocenters. The fourth-order valence-corrected chi connectivity index (χ4v) is 2.22. The van der Waals surface area contributed by atoms with Gasteiger partial charge in [0.25, 0.3) is 5.91 Å². The summed E-state index contributed by atoms with van der Waals surface area (Å²) >= 11 is 0. The van der Waals surface area contributed by atoms with Crippen molar-refractivity contribution >= 4 is 16.7 Å². The van der Waals surface area contributed by atoms with Crippen molar-refractivity contribution in [3.05, 3.63) is 79.2 Å². The Morgan fingerprint density at radius 1 is 1.36 bits per heavy atom. The number of fused-ring (bicyclic) bond motifs is 1. The van der Waals surface area contributed by atoms with E-state index in [0.717, 1.165) is 16.3 Å². The second kappa shape index (κ2) is 7.33. The van der Waals surface area contributed by atoms with Crippen molar-refractivity contribution in [3.8, 4) is 0 Å². The summed E-state index contributed by atoms with van der Waals surface area (Å²) in [5, 5.41) is 4.65. The largest absolute Gasteiger partial charge is 0.350 e. The maximum Gasteiger partial charge on any atom is 0.251 e. The van der Waals surface area contributed by atoms with E-state index in [2.05, 4.69) is 23.5 Å². The fourth-order valence-electron chi connectivity index (χ4n) is 2.22. The minimum Gasteiger partial charge on any atom is -0.350 e. The zero-order valence-electron chi connectivity index (χ0n) is 12.3. The van der Waals surface area contributed by atoms with Gasteiger partial charge in [0.1, 0.15) is 0 Å². The van der Waals surface area contributed by atoms with E-state index in [9.17, 15) is 4.79 Å². The summed E-state index contributed by atoms with van der Waals surface area (Å²) in [4.78, 5) is 16.4. The summed E-state index contributed by atoms with van der Waals surface area (Å²) in [6.07, 6.45) is 8.51. The van der Waals surface area contributed by atoms with Crippen LogP contribution in [-0.2, 0) is 0 Å². The van der Waals surface area contributed by atoms with Crippen molar-refractivity contribution in [2.45, 2.75) is 6.04 Å². The molecule has 0 saturated carbocycles. The number of nitrogens with two attached hydrogens (primary N) is 1. The Labute approximate surface area is 130 Å². The van der Waals surface area contributed by atoms with Gasteiger partial charge in [-0.25, -0.2) is 0 Å². The highest BCUT2D eigenvalue weighted by Crippen LogP contribution is 2.17. The van der Waals surface area contributed by atoms with E-state index < -0.39 is 0 Å². The third-order valence-corrected chi connectivity index (χ3v) is 3.38. The molecule has 0 radical (unpaired) electrons. The Balaban J connectivity index is 2.13. The molecule has 0 saturated heterocycles. The molecule has 0 bridgehead atoms. The molecule has 1 atom stereocenters. The van der Waals surface area contributed by atoms with Crippen molar-refractivity contribution in [1.82, 2.24) is 10.3 Å². The smallest absolute Gasteiger partial charge is 0.251 e. The number of aromatic nitrogens is 1. The Bertz CT molecular complexity index is 729. The lowest BCUT2D eigenvalue weighted by Crippen LogP contribution is -2.38. The quantitative estimate of drug-likeness (QED) is 0.804. The molecule has 1 aromatic carbocycles. The zero-order valence-corrected chi connectivity index (χ0v) is 12.3. The SMILES string of the molecule is C=C/C=C(\C=C)C(N)CNC(=O)c1cccc2cnccc12. The van der Waals surface area contributed by atoms with Crippen molar-refractivity contribution in [2.75, 3.05) is 6.54 Å². The lowest BCUT2D eigenvalue weighted by atomic mass is 10.1. The van der Waals surface area contributed by atoms with Crippen LogP contribution in [0.5, 0.6) is 0 Å². The number of carbonyl (C=O) groups is 1. The van der Waals surface area contributed by atoms with Crippen molar-refractivity contribution in [1.29, 1.82) is 0 Å². The van der Waals surface area contributed by atoms with Crippen LogP contribution in [0.1, 0.15) is 10.4 Å². The Morgan fingerprint density at radius 3 is 2.91 bits per heavy atom. The Hall–Kier alpha value is -2.72. The first-order valence-corrected chi connectivity index (χ1v) is 6.99. The number of carbonyl (C=O) groups excluding carboxylic acids is 1. The molecular weight excluding hydrogens is 274 g/mol. The molecular formula is C18H19N3O. The van der Waals surface area contributed by atoms with Crippen LogP contribution in [0.25, 0.3) is 10.8 Å². The summed E-state index contributed by atoms with van der Waals surface area (Å²) in [6.45, 7) is 7.67. The zero-order chi connectivity index (χ0) is 15.9. The molecule has 1 heterocycles. The Morgan fingerprint density at radius 2 is 2.18 bits per heavy atom. The van der Waals surface area contributed by atoms with E-state index in [-0.39, 0.29) is 11.9 Å². The minimum atomic E-state index is -0.323. The second-order valence-electron chi connectivity index (χ2n) is 4.83. The predicted molar refractivity (Wildman–Crippen MR) is 90.5 cm³/mol. The third kappa shape index (κ3) is 3.48.